The molecule has 1 aromatic heterocycles. The van der Waals surface area contributed by atoms with Crippen molar-refractivity contribution in [3.8, 4) is 11.5 Å². The maximum absolute atomic E-state index is 13.6. The van der Waals surface area contributed by atoms with Gasteiger partial charge in [-0.3, -0.25) is 4.79 Å². The van der Waals surface area contributed by atoms with Crippen LogP contribution in [-0.2, 0) is 13.0 Å². The van der Waals surface area contributed by atoms with Crippen molar-refractivity contribution < 1.29 is 14.3 Å². The van der Waals surface area contributed by atoms with E-state index in [0.717, 1.165) is 63.1 Å². The Kier molecular flexibility index (Phi) is 13.7. The van der Waals surface area contributed by atoms with E-state index >= 15 is 0 Å². The number of methoxy groups -OCH3 is 2. The molecule has 3 aromatic rings. The first-order chi connectivity index (χ1) is 20.5. The van der Waals surface area contributed by atoms with Crippen LogP contribution in [-0.4, -0.2) is 62.7 Å². The minimum absolute atomic E-state index is 0.00875. The third kappa shape index (κ3) is 8.07. The highest BCUT2D eigenvalue weighted by Crippen LogP contribution is 2.40. The summed E-state index contributed by atoms with van der Waals surface area (Å²) in [7, 11) is 3.30. The highest BCUT2D eigenvalue weighted by atomic mass is 32.1. The van der Waals surface area contributed by atoms with Crippen LogP contribution in [0.3, 0.4) is 0 Å². The number of amides is 1. The first kappa shape index (κ1) is 33.5. The van der Waals surface area contributed by atoms with Gasteiger partial charge in [0.15, 0.2) is 11.5 Å². The number of hydrogen-bond acceptors (Lipinski definition) is 6. The van der Waals surface area contributed by atoms with Crippen molar-refractivity contribution in [2.75, 3.05) is 51.8 Å². The molecule has 1 saturated heterocycles. The summed E-state index contributed by atoms with van der Waals surface area (Å²) in [6, 6.07) is 16.5. The molecule has 0 N–H and O–H groups in total. The number of carbonyl (C=O) groups excluding carboxylic acids is 1. The van der Waals surface area contributed by atoms with Crippen LogP contribution in [0.5, 0.6) is 11.5 Å². The number of hydrogen-bond donors (Lipinski definition) is 0. The van der Waals surface area contributed by atoms with Crippen molar-refractivity contribution in [2.45, 2.75) is 72.9 Å². The van der Waals surface area contributed by atoms with Crippen LogP contribution >= 0.6 is 11.3 Å². The largest absolute Gasteiger partial charge is 0.493 e. The lowest BCUT2D eigenvalue weighted by Crippen LogP contribution is -2.46. The minimum Gasteiger partial charge on any atom is -0.493 e. The van der Waals surface area contributed by atoms with Crippen LogP contribution < -0.4 is 14.4 Å². The van der Waals surface area contributed by atoms with Crippen molar-refractivity contribution >= 4 is 22.9 Å². The van der Waals surface area contributed by atoms with E-state index in [4.69, 9.17) is 9.47 Å². The Morgan fingerprint density at radius 1 is 0.905 bits per heavy atom. The molecule has 230 valence electrons. The van der Waals surface area contributed by atoms with Gasteiger partial charge in [-0.05, 0) is 60.7 Å². The Bertz CT molecular complexity index is 1220. The molecule has 0 aliphatic carbocycles. The van der Waals surface area contributed by atoms with E-state index in [1.54, 1.807) is 14.2 Å². The summed E-state index contributed by atoms with van der Waals surface area (Å²) >= 11 is 1.82. The molecule has 1 amide bonds. The number of likely N-dealkylation sites (N-methyl/N-ethyl adjacent to an activating group) is 1. The van der Waals surface area contributed by atoms with E-state index in [-0.39, 0.29) is 11.9 Å². The first-order valence-corrected chi connectivity index (χ1v) is 16.6. The van der Waals surface area contributed by atoms with Crippen molar-refractivity contribution in [1.29, 1.82) is 0 Å². The number of fused-ring (bicyclic) bond motifs is 1. The van der Waals surface area contributed by atoms with Gasteiger partial charge in [0.05, 0.1) is 20.3 Å². The number of aryl methyl sites for hydroxylation is 1. The van der Waals surface area contributed by atoms with E-state index in [0.29, 0.717) is 18.0 Å². The third-order valence-corrected chi connectivity index (χ3v) is 9.08. The van der Waals surface area contributed by atoms with Gasteiger partial charge in [-0.1, -0.05) is 65.7 Å². The molecule has 5 rings (SSSR count). The van der Waals surface area contributed by atoms with Crippen molar-refractivity contribution in [3.63, 3.8) is 0 Å². The van der Waals surface area contributed by atoms with E-state index in [9.17, 15) is 4.79 Å². The quantitative estimate of drug-likeness (QED) is 0.238. The molecule has 2 aliphatic rings. The predicted octanol–water partition coefficient (Wildman–Crippen LogP) is 8.07. The summed E-state index contributed by atoms with van der Waals surface area (Å²) in [5.41, 5.74) is 4.35. The van der Waals surface area contributed by atoms with Crippen LogP contribution in [0.15, 0.2) is 53.9 Å². The molecule has 0 saturated carbocycles. The minimum atomic E-state index is 0.00875. The highest BCUT2D eigenvalue weighted by molar-refractivity contribution is 7.09. The molecule has 1 fully saturated rings. The molecule has 3 heterocycles. The fourth-order valence-electron chi connectivity index (χ4n) is 5.66. The van der Waals surface area contributed by atoms with E-state index in [2.05, 4.69) is 65.1 Å². The van der Waals surface area contributed by atoms with E-state index in [1.807, 2.05) is 49.4 Å². The highest BCUT2D eigenvalue weighted by Gasteiger charge is 2.36. The monoisotopic (exact) mass is 593 g/mol. The van der Waals surface area contributed by atoms with Gasteiger partial charge in [0.1, 0.15) is 0 Å². The number of anilines is 1. The number of carbonyl (C=O) groups is 1. The lowest BCUT2D eigenvalue weighted by Gasteiger charge is -2.36. The second-order valence-electron chi connectivity index (χ2n) is 10.4. The van der Waals surface area contributed by atoms with Crippen LogP contribution in [0, 0.1) is 0 Å². The molecule has 7 heteroatoms. The summed E-state index contributed by atoms with van der Waals surface area (Å²) in [6.07, 6.45) is 4.25. The van der Waals surface area contributed by atoms with E-state index in [1.165, 1.54) is 22.5 Å². The molecule has 0 spiro atoms. The fourth-order valence-corrected chi connectivity index (χ4v) is 6.32. The van der Waals surface area contributed by atoms with Crippen LogP contribution in [0.1, 0.15) is 86.3 Å². The standard InChI is InChI=1S/C27H37N3O3.C6H8S.C2H6/c1-5-7-10-23(20-12-13-25(32-3)26(18-20)33-4)30-19-22-21(27(30)31)9-8-11-24(22)29-16-14-28(6-2)15-17-29;1-2-6-4-3-5-7-6;1-2/h8-9,11-13,18,23H,5-7,10,14-17,19H2,1-4H3;3-5H,2H2,1H3;1-2H3/t23-;;/m1../s1. The average Bonchev–Trinajstić information content (AvgIpc) is 3.71. The molecule has 0 unspecified atom stereocenters. The SMILES string of the molecule is CC.CCCC[C@H](c1ccc(OC)c(OC)c1)N1Cc2c(cccc2N2CCN(CC)CC2)C1=O.CCc1cccs1. The zero-order valence-electron chi connectivity index (χ0n) is 26.8. The summed E-state index contributed by atoms with van der Waals surface area (Å²) in [5, 5.41) is 2.11. The lowest BCUT2D eigenvalue weighted by molar-refractivity contribution is 0.0688. The van der Waals surface area contributed by atoms with Gasteiger partial charge in [-0.25, -0.2) is 0 Å². The van der Waals surface area contributed by atoms with Gasteiger partial charge in [0.2, 0.25) is 0 Å². The van der Waals surface area contributed by atoms with Crippen LogP contribution in [0.25, 0.3) is 0 Å². The van der Waals surface area contributed by atoms with Crippen molar-refractivity contribution in [3.05, 3.63) is 75.5 Å². The second-order valence-corrected chi connectivity index (χ2v) is 11.4. The van der Waals surface area contributed by atoms with Gasteiger partial charge in [-0.15, -0.1) is 11.3 Å². The molecule has 6 nitrogen and oxygen atoms in total. The van der Waals surface area contributed by atoms with Gasteiger partial charge in [0.25, 0.3) is 5.91 Å². The number of benzene rings is 2. The maximum atomic E-state index is 13.6. The smallest absolute Gasteiger partial charge is 0.255 e. The summed E-state index contributed by atoms with van der Waals surface area (Å²) < 4.78 is 11.0. The number of nitrogens with zero attached hydrogens (tertiary/aromatic N) is 3. The first-order valence-electron chi connectivity index (χ1n) is 15.7. The third-order valence-electron chi connectivity index (χ3n) is 8.06. The summed E-state index contributed by atoms with van der Waals surface area (Å²) in [5.74, 6) is 1.55. The van der Waals surface area contributed by atoms with Gasteiger partial charge in [-0.2, -0.15) is 0 Å². The Balaban J connectivity index is 0.000000465. The zero-order chi connectivity index (χ0) is 30.5. The zero-order valence-corrected chi connectivity index (χ0v) is 27.6. The van der Waals surface area contributed by atoms with Crippen molar-refractivity contribution in [1.82, 2.24) is 9.80 Å². The van der Waals surface area contributed by atoms with Crippen LogP contribution in [0.2, 0.25) is 0 Å². The molecule has 42 heavy (non-hydrogen) atoms. The number of piperazine rings is 1. The molecular formula is C35H51N3O3S. The summed E-state index contributed by atoms with van der Waals surface area (Å²) in [4.78, 5) is 22.1. The Labute approximate surface area is 258 Å². The number of rotatable bonds is 10. The van der Waals surface area contributed by atoms with Gasteiger partial charge in [0, 0.05) is 54.4 Å². The Hall–Kier alpha value is -3.03. The summed E-state index contributed by atoms with van der Waals surface area (Å²) in [6.45, 7) is 16.5. The average molecular weight is 594 g/mol. The topological polar surface area (TPSA) is 45.3 Å². The Morgan fingerprint density at radius 2 is 1.64 bits per heavy atom. The lowest BCUT2D eigenvalue weighted by atomic mass is 9.99. The molecule has 2 aliphatic heterocycles. The number of ether oxygens (including phenoxy) is 2. The number of unbranched alkanes of at least 4 members (excludes halogenated alkanes) is 1. The normalized spacial score (nSPS) is 15.3. The predicted molar refractivity (Wildman–Crippen MR) is 177 cm³/mol. The second kappa shape index (κ2) is 17.2. The Morgan fingerprint density at radius 3 is 2.21 bits per heavy atom. The molecular weight excluding hydrogens is 542 g/mol. The molecule has 0 bridgehead atoms. The van der Waals surface area contributed by atoms with Crippen molar-refractivity contribution in [2.24, 2.45) is 0 Å². The molecule has 0 radical (unpaired) electrons. The number of thiophene rings is 1. The maximum Gasteiger partial charge on any atom is 0.255 e. The molecule has 1 atom stereocenters. The fraction of sp³-hybridized carbons (Fsp3) is 0.514. The van der Waals surface area contributed by atoms with E-state index < -0.39 is 0 Å². The van der Waals surface area contributed by atoms with Crippen LogP contribution in [0.4, 0.5) is 5.69 Å². The van der Waals surface area contributed by atoms with Gasteiger partial charge >= 0.3 is 0 Å². The van der Waals surface area contributed by atoms with Gasteiger partial charge < -0.3 is 24.2 Å². The molecule has 2 aromatic carbocycles.